The summed E-state index contributed by atoms with van der Waals surface area (Å²) in [6, 6.07) is 15.2. The Balaban J connectivity index is 1.67. The molecule has 4 nitrogen and oxygen atoms in total. The van der Waals surface area contributed by atoms with Gasteiger partial charge < -0.3 is 14.6 Å². The second-order valence-corrected chi connectivity index (χ2v) is 5.98. The normalized spacial score (nSPS) is 11.2. The van der Waals surface area contributed by atoms with Crippen LogP contribution < -0.4 is 4.74 Å². The van der Waals surface area contributed by atoms with E-state index in [1.165, 1.54) is 0 Å². The number of ketones is 1. The van der Waals surface area contributed by atoms with E-state index in [-0.39, 0.29) is 5.78 Å². The molecule has 0 aliphatic carbocycles. The molecule has 2 aromatic carbocycles. The van der Waals surface area contributed by atoms with Gasteiger partial charge in [-0.2, -0.15) is 0 Å². The molecule has 1 heterocycles. The van der Waals surface area contributed by atoms with Crippen molar-refractivity contribution >= 4 is 16.7 Å². The molecule has 130 valence electrons. The van der Waals surface area contributed by atoms with Crippen molar-refractivity contribution in [1.29, 1.82) is 0 Å². The first-order chi connectivity index (χ1) is 12.2. The molecule has 4 heteroatoms. The van der Waals surface area contributed by atoms with Crippen LogP contribution in [0.2, 0.25) is 0 Å². The Morgan fingerprint density at radius 1 is 1.04 bits per heavy atom. The zero-order valence-corrected chi connectivity index (χ0v) is 14.8. The molecule has 0 aliphatic rings. The number of ether oxygens (including phenoxy) is 1. The van der Waals surface area contributed by atoms with Crippen LogP contribution in [0.3, 0.4) is 0 Å². The van der Waals surface area contributed by atoms with Crippen molar-refractivity contribution in [3.05, 3.63) is 65.9 Å². The average molecular weight is 336 g/mol. The van der Waals surface area contributed by atoms with E-state index in [0.717, 1.165) is 36.3 Å². The first kappa shape index (κ1) is 17.2. The third-order valence-electron chi connectivity index (χ3n) is 4.52. The van der Waals surface area contributed by atoms with E-state index in [1.807, 2.05) is 48.5 Å². The van der Waals surface area contributed by atoms with E-state index in [4.69, 9.17) is 4.74 Å². The molecule has 0 amide bonds. The van der Waals surface area contributed by atoms with E-state index >= 15 is 0 Å². The van der Waals surface area contributed by atoms with Gasteiger partial charge in [-0.1, -0.05) is 32.0 Å². The van der Waals surface area contributed by atoms with Crippen LogP contribution in [0.5, 0.6) is 5.75 Å². The van der Waals surface area contributed by atoms with Crippen molar-refractivity contribution in [2.24, 2.45) is 0 Å². The number of nitrogens with one attached hydrogen (secondary N) is 1. The number of para-hydroxylation sites is 1. The average Bonchev–Trinajstić information content (AvgIpc) is 3.09. The maximum absolute atomic E-state index is 12.7. The summed E-state index contributed by atoms with van der Waals surface area (Å²) in [5.74, 6) is 0.815. The van der Waals surface area contributed by atoms with Gasteiger partial charge in [-0.3, -0.25) is 4.79 Å². The summed E-state index contributed by atoms with van der Waals surface area (Å²) in [6.07, 6.45) is 1.78. The second kappa shape index (κ2) is 7.99. The monoisotopic (exact) mass is 336 g/mol. The maximum atomic E-state index is 12.7. The van der Waals surface area contributed by atoms with Crippen LogP contribution in [-0.2, 0) is 0 Å². The van der Waals surface area contributed by atoms with E-state index in [0.29, 0.717) is 17.7 Å². The lowest BCUT2D eigenvalue weighted by Gasteiger charge is -2.18. The largest absolute Gasteiger partial charge is 0.492 e. The maximum Gasteiger partial charge on any atom is 0.195 e. The van der Waals surface area contributed by atoms with Crippen molar-refractivity contribution in [3.8, 4) is 5.75 Å². The van der Waals surface area contributed by atoms with Gasteiger partial charge in [0, 0.05) is 34.8 Å². The molecule has 0 aliphatic heterocycles. The molecule has 25 heavy (non-hydrogen) atoms. The summed E-state index contributed by atoms with van der Waals surface area (Å²) in [6.45, 7) is 7.90. The number of H-pyrrole nitrogens is 1. The van der Waals surface area contributed by atoms with Crippen molar-refractivity contribution in [1.82, 2.24) is 9.88 Å². The van der Waals surface area contributed by atoms with Crippen LogP contribution in [0.4, 0.5) is 0 Å². The van der Waals surface area contributed by atoms with E-state index in [2.05, 4.69) is 23.7 Å². The highest BCUT2D eigenvalue weighted by atomic mass is 16.5. The molecule has 1 aromatic heterocycles. The summed E-state index contributed by atoms with van der Waals surface area (Å²) >= 11 is 0. The molecular weight excluding hydrogens is 312 g/mol. The lowest BCUT2D eigenvalue weighted by molar-refractivity contribution is 0.104. The summed E-state index contributed by atoms with van der Waals surface area (Å²) in [4.78, 5) is 18.2. The van der Waals surface area contributed by atoms with Crippen LogP contribution >= 0.6 is 0 Å². The smallest absolute Gasteiger partial charge is 0.195 e. The second-order valence-electron chi connectivity index (χ2n) is 5.98. The molecular formula is C21H24N2O2. The van der Waals surface area contributed by atoms with Gasteiger partial charge in [-0.05, 0) is 43.4 Å². The minimum atomic E-state index is 0.0205. The van der Waals surface area contributed by atoms with E-state index < -0.39 is 0 Å². The lowest BCUT2D eigenvalue weighted by Crippen LogP contribution is -2.27. The molecule has 0 bridgehead atoms. The third-order valence-corrected chi connectivity index (χ3v) is 4.52. The number of hydrogen-bond acceptors (Lipinski definition) is 3. The van der Waals surface area contributed by atoms with Gasteiger partial charge in [-0.15, -0.1) is 0 Å². The molecule has 0 saturated heterocycles. The number of hydrogen-bond donors (Lipinski definition) is 1. The number of fused-ring (bicyclic) bond motifs is 1. The number of carbonyl (C=O) groups is 1. The van der Waals surface area contributed by atoms with Gasteiger partial charge in [0.2, 0.25) is 0 Å². The van der Waals surface area contributed by atoms with E-state index in [1.54, 1.807) is 6.20 Å². The fraction of sp³-hybridized carbons (Fsp3) is 0.286. The number of aromatic amines is 1. The fourth-order valence-corrected chi connectivity index (χ4v) is 2.95. The minimum absolute atomic E-state index is 0.0205. The predicted octanol–water partition coefficient (Wildman–Crippen LogP) is 4.12. The van der Waals surface area contributed by atoms with Gasteiger partial charge in [0.05, 0.1) is 0 Å². The molecule has 0 radical (unpaired) electrons. The standard InChI is InChI=1S/C21H24N2O2/c1-3-23(4-2)13-14-25-17-11-9-16(10-12-17)21(24)19-15-22-20-8-6-5-7-18(19)20/h5-12,15,22H,3-4,13-14H2,1-2H3. The number of likely N-dealkylation sites (N-methyl/N-ethyl adjacent to an activating group) is 1. The van der Waals surface area contributed by atoms with Crippen molar-refractivity contribution in [2.45, 2.75) is 13.8 Å². The van der Waals surface area contributed by atoms with Gasteiger partial charge >= 0.3 is 0 Å². The highest BCUT2D eigenvalue weighted by Gasteiger charge is 2.14. The Labute approximate surface area is 148 Å². The molecule has 0 saturated carbocycles. The third kappa shape index (κ3) is 3.91. The predicted molar refractivity (Wildman–Crippen MR) is 101 cm³/mol. The van der Waals surface area contributed by atoms with E-state index in [9.17, 15) is 4.79 Å². The summed E-state index contributed by atoms with van der Waals surface area (Å²) in [7, 11) is 0. The minimum Gasteiger partial charge on any atom is -0.492 e. The molecule has 0 spiro atoms. The lowest BCUT2D eigenvalue weighted by atomic mass is 10.0. The molecule has 0 unspecified atom stereocenters. The van der Waals surface area contributed by atoms with Crippen molar-refractivity contribution < 1.29 is 9.53 Å². The first-order valence-electron chi connectivity index (χ1n) is 8.79. The zero-order valence-electron chi connectivity index (χ0n) is 14.8. The van der Waals surface area contributed by atoms with Crippen LogP contribution in [0.25, 0.3) is 10.9 Å². The Morgan fingerprint density at radius 3 is 2.48 bits per heavy atom. The van der Waals surface area contributed by atoms with Crippen LogP contribution in [0.1, 0.15) is 29.8 Å². The first-order valence-corrected chi connectivity index (χ1v) is 8.79. The zero-order chi connectivity index (χ0) is 17.6. The van der Waals surface area contributed by atoms with Gasteiger partial charge in [0.1, 0.15) is 12.4 Å². The topological polar surface area (TPSA) is 45.3 Å². The Morgan fingerprint density at radius 2 is 1.76 bits per heavy atom. The SMILES string of the molecule is CCN(CC)CCOc1ccc(C(=O)c2c[nH]c3ccccc23)cc1. The molecule has 0 fully saturated rings. The van der Waals surface area contributed by atoms with Crippen LogP contribution in [0, 0.1) is 0 Å². The number of benzene rings is 2. The van der Waals surface area contributed by atoms with Crippen LogP contribution in [0.15, 0.2) is 54.7 Å². The van der Waals surface area contributed by atoms with Gasteiger partial charge in [0.15, 0.2) is 5.78 Å². The number of aromatic nitrogens is 1. The highest BCUT2D eigenvalue weighted by molar-refractivity contribution is 6.16. The Bertz CT molecular complexity index is 832. The van der Waals surface area contributed by atoms with Gasteiger partial charge in [0.25, 0.3) is 0 Å². The van der Waals surface area contributed by atoms with Crippen molar-refractivity contribution in [2.75, 3.05) is 26.2 Å². The fourth-order valence-electron chi connectivity index (χ4n) is 2.95. The van der Waals surface area contributed by atoms with Crippen molar-refractivity contribution in [3.63, 3.8) is 0 Å². The molecule has 0 atom stereocenters. The molecule has 1 N–H and O–H groups in total. The number of carbonyl (C=O) groups excluding carboxylic acids is 1. The summed E-state index contributed by atoms with van der Waals surface area (Å²) in [5, 5.41) is 0.951. The molecule has 3 rings (SSSR count). The van der Waals surface area contributed by atoms with Crippen LogP contribution in [-0.4, -0.2) is 41.9 Å². The highest BCUT2D eigenvalue weighted by Crippen LogP contribution is 2.22. The molecule has 3 aromatic rings. The number of rotatable bonds is 8. The number of nitrogens with zero attached hydrogens (tertiary/aromatic N) is 1. The van der Waals surface area contributed by atoms with Gasteiger partial charge in [-0.25, -0.2) is 0 Å². The Kier molecular flexibility index (Phi) is 5.51. The summed E-state index contributed by atoms with van der Waals surface area (Å²) in [5.41, 5.74) is 2.34. The Hall–Kier alpha value is -2.59. The summed E-state index contributed by atoms with van der Waals surface area (Å²) < 4.78 is 5.78. The quantitative estimate of drug-likeness (QED) is 0.629.